The summed E-state index contributed by atoms with van der Waals surface area (Å²) in [5, 5.41) is 9.15. The molecule has 1 N–H and O–H groups in total. The van der Waals surface area contributed by atoms with Crippen molar-refractivity contribution in [1.82, 2.24) is 0 Å². The lowest BCUT2D eigenvalue weighted by Crippen LogP contribution is -2.07. The van der Waals surface area contributed by atoms with Crippen LogP contribution >= 0.6 is 0 Å². The molecule has 0 atom stereocenters. The van der Waals surface area contributed by atoms with Gasteiger partial charge in [-0.1, -0.05) is 31.2 Å². The maximum atomic E-state index is 13.4. The van der Waals surface area contributed by atoms with Crippen LogP contribution in [0.1, 0.15) is 18.9 Å². The van der Waals surface area contributed by atoms with Gasteiger partial charge in [0.05, 0.1) is 29.9 Å². The van der Waals surface area contributed by atoms with Gasteiger partial charge in [-0.05, 0) is 65.6 Å². The average Bonchev–Trinajstić information content (AvgIpc) is 2.77. The van der Waals surface area contributed by atoms with E-state index >= 15 is 0 Å². The van der Waals surface area contributed by atoms with Gasteiger partial charge in [-0.2, -0.15) is 0 Å². The maximum Gasteiger partial charge on any atom is 0.307 e. The molecule has 3 rings (SSSR count). The Bertz CT molecular complexity index is 1170. The van der Waals surface area contributed by atoms with Crippen LogP contribution in [0, 0.1) is 0 Å². The SMILES string of the molecule is CCCOc1cc(CC(=O)O)cc(S(=O)(=O)c2cccc(-c3ccc(OC)cc3)c2)c1. The van der Waals surface area contributed by atoms with Crippen molar-refractivity contribution < 1.29 is 27.8 Å². The van der Waals surface area contributed by atoms with Crippen LogP contribution in [0.5, 0.6) is 11.5 Å². The van der Waals surface area contributed by atoms with Gasteiger partial charge in [0.2, 0.25) is 9.84 Å². The first-order valence-corrected chi connectivity index (χ1v) is 11.3. The number of carboxylic acids is 1. The first-order valence-electron chi connectivity index (χ1n) is 9.81. The number of ether oxygens (including phenoxy) is 2. The molecule has 0 aliphatic carbocycles. The first-order chi connectivity index (χ1) is 14.8. The molecule has 0 radical (unpaired) electrons. The Kier molecular flexibility index (Phi) is 6.97. The van der Waals surface area contributed by atoms with Gasteiger partial charge in [0.25, 0.3) is 0 Å². The highest BCUT2D eigenvalue weighted by atomic mass is 32.2. The van der Waals surface area contributed by atoms with Crippen molar-refractivity contribution in [2.75, 3.05) is 13.7 Å². The van der Waals surface area contributed by atoms with Crippen molar-refractivity contribution in [2.45, 2.75) is 29.6 Å². The topological polar surface area (TPSA) is 89.9 Å². The number of carbonyl (C=O) groups is 1. The molecule has 0 aliphatic heterocycles. The third-order valence-corrected chi connectivity index (χ3v) is 6.38. The molecular weight excluding hydrogens is 416 g/mol. The number of carboxylic acid groups (broad SMARTS) is 1. The quantitative estimate of drug-likeness (QED) is 0.523. The largest absolute Gasteiger partial charge is 0.497 e. The van der Waals surface area contributed by atoms with Crippen molar-refractivity contribution >= 4 is 15.8 Å². The van der Waals surface area contributed by atoms with Crippen LogP contribution in [-0.4, -0.2) is 33.2 Å². The van der Waals surface area contributed by atoms with Crippen molar-refractivity contribution in [3.63, 3.8) is 0 Å². The van der Waals surface area contributed by atoms with Gasteiger partial charge in [-0.25, -0.2) is 8.42 Å². The summed E-state index contributed by atoms with van der Waals surface area (Å²) < 4.78 is 37.5. The van der Waals surface area contributed by atoms with Gasteiger partial charge in [0, 0.05) is 0 Å². The molecule has 7 heteroatoms. The molecule has 162 valence electrons. The van der Waals surface area contributed by atoms with Crippen molar-refractivity contribution in [3.8, 4) is 22.6 Å². The lowest BCUT2D eigenvalue weighted by atomic mass is 10.1. The monoisotopic (exact) mass is 440 g/mol. The second-order valence-corrected chi connectivity index (χ2v) is 8.94. The highest BCUT2D eigenvalue weighted by Gasteiger charge is 2.21. The Hall–Kier alpha value is -3.32. The number of aliphatic carboxylic acids is 1. The zero-order valence-corrected chi connectivity index (χ0v) is 18.2. The maximum absolute atomic E-state index is 13.4. The smallest absolute Gasteiger partial charge is 0.307 e. The van der Waals surface area contributed by atoms with Gasteiger partial charge in [0.15, 0.2) is 0 Å². The summed E-state index contributed by atoms with van der Waals surface area (Å²) in [5.74, 6) is 0.00496. The van der Waals surface area contributed by atoms with Crippen LogP contribution in [0.3, 0.4) is 0 Å². The minimum absolute atomic E-state index is 0.00392. The zero-order valence-electron chi connectivity index (χ0n) is 17.4. The second kappa shape index (κ2) is 9.66. The summed E-state index contributed by atoms with van der Waals surface area (Å²) in [6.45, 7) is 2.34. The number of hydrogen-bond acceptors (Lipinski definition) is 5. The summed E-state index contributed by atoms with van der Waals surface area (Å²) in [6, 6.07) is 18.4. The van der Waals surface area contributed by atoms with E-state index in [1.165, 1.54) is 18.2 Å². The highest BCUT2D eigenvalue weighted by molar-refractivity contribution is 7.91. The lowest BCUT2D eigenvalue weighted by molar-refractivity contribution is -0.136. The predicted molar refractivity (Wildman–Crippen MR) is 117 cm³/mol. The summed E-state index contributed by atoms with van der Waals surface area (Å²) in [5.41, 5.74) is 1.96. The van der Waals surface area contributed by atoms with E-state index in [9.17, 15) is 13.2 Å². The molecule has 3 aromatic rings. The van der Waals surface area contributed by atoms with Gasteiger partial charge in [-0.15, -0.1) is 0 Å². The van der Waals surface area contributed by atoms with E-state index in [1.807, 2.05) is 37.3 Å². The molecule has 0 amide bonds. The first kappa shape index (κ1) is 22.4. The van der Waals surface area contributed by atoms with E-state index in [0.29, 0.717) is 23.7 Å². The van der Waals surface area contributed by atoms with Crippen molar-refractivity contribution in [2.24, 2.45) is 0 Å². The summed E-state index contributed by atoms with van der Waals surface area (Å²) in [7, 11) is -2.30. The van der Waals surface area contributed by atoms with E-state index < -0.39 is 15.8 Å². The van der Waals surface area contributed by atoms with E-state index in [2.05, 4.69) is 0 Å². The zero-order chi connectivity index (χ0) is 22.4. The van der Waals surface area contributed by atoms with Crippen molar-refractivity contribution in [3.05, 3.63) is 72.3 Å². The fourth-order valence-corrected chi connectivity index (χ4v) is 4.52. The number of benzene rings is 3. The number of hydrogen-bond donors (Lipinski definition) is 1. The summed E-state index contributed by atoms with van der Waals surface area (Å²) in [4.78, 5) is 11.3. The molecule has 0 heterocycles. The average molecular weight is 441 g/mol. The third-order valence-electron chi connectivity index (χ3n) is 4.65. The molecule has 0 saturated carbocycles. The molecule has 0 unspecified atom stereocenters. The van der Waals surface area contributed by atoms with E-state index in [4.69, 9.17) is 14.6 Å². The molecule has 0 saturated heterocycles. The lowest BCUT2D eigenvalue weighted by Gasteiger charge is -2.12. The molecule has 31 heavy (non-hydrogen) atoms. The van der Waals surface area contributed by atoms with Crippen LogP contribution in [0.25, 0.3) is 11.1 Å². The van der Waals surface area contributed by atoms with E-state index in [1.54, 1.807) is 25.3 Å². The van der Waals surface area contributed by atoms with Gasteiger partial charge in [0.1, 0.15) is 11.5 Å². The second-order valence-electron chi connectivity index (χ2n) is 6.99. The summed E-state index contributed by atoms with van der Waals surface area (Å²) >= 11 is 0. The summed E-state index contributed by atoms with van der Waals surface area (Å²) in [6.07, 6.45) is 0.451. The normalized spacial score (nSPS) is 11.2. The molecule has 0 fully saturated rings. The molecule has 0 aromatic heterocycles. The van der Waals surface area contributed by atoms with Crippen LogP contribution < -0.4 is 9.47 Å². The molecule has 0 spiro atoms. The molecular formula is C24H24O6S. The van der Waals surface area contributed by atoms with Crippen LogP contribution in [0.4, 0.5) is 0 Å². The number of sulfone groups is 1. The van der Waals surface area contributed by atoms with Crippen LogP contribution in [0.2, 0.25) is 0 Å². The molecule has 0 bridgehead atoms. The Morgan fingerprint density at radius 1 is 0.903 bits per heavy atom. The van der Waals surface area contributed by atoms with Crippen LogP contribution in [0.15, 0.2) is 76.5 Å². The third kappa shape index (κ3) is 5.44. The molecule has 6 nitrogen and oxygen atoms in total. The Labute approximate surface area is 182 Å². The molecule has 0 aliphatic rings. The van der Waals surface area contributed by atoms with Crippen LogP contribution in [-0.2, 0) is 21.1 Å². The Morgan fingerprint density at radius 2 is 1.65 bits per heavy atom. The van der Waals surface area contributed by atoms with E-state index in [0.717, 1.165) is 17.5 Å². The standard InChI is InChI=1S/C24H24O6S/c1-3-11-30-21-12-17(14-24(25)26)13-23(16-21)31(27,28)22-6-4-5-19(15-22)18-7-9-20(29-2)10-8-18/h4-10,12-13,15-16H,3,11,14H2,1-2H3,(H,25,26). The highest BCUT2D eigenvalue weighted by Crippen LogP contribution is 2.30. The Balaban J connectivity index is 2.03. The Morgan fingerprint density at radius 3 is 2.29 bits per heavy atom. The minimum Gasteiger partial charge on any atom is -0.497 e. The number of methoxy groups -OCH3 is 1. The van der Waals surface area contributed by atoms with Crippen molar-refractivity contribution in [1.29, 1.82) is 0 Å². The predicted octanol–water partition coefficient (Wildman–Crippen LogP) is 4.61. The molecule has 3 aromatic carbocycles. The van der Waals surface area contributed by atoms with Gasteiger partial charge < -0.3 is 14.6 Å². The fraction of sp³-hybridized carbons (Fsp3) is 0.208. The number of rotatable bonds is 9. The fourth-order valence-electron chi connectivity index (χ4n) is 3.13. The minimum atomic E-state index is -3.89. The van der Waals surface area contributed by atoms with Gasteiger partial charge in [-0.3, -0.25) is 4.79 Å². The van der Waals surface area contributed by atoms with Gasteiger partial charge >= 0.3 is 5.97 Å². The van der Waals surface area contributed by atoms with E-state index in [-0.39, 0.29) is 16.2 Å².